The lowest BCUT2D eigenvalue weighted by Gasteiger charge is -2.50. The maximum Gasteiger partial charge on any atom is 0.269 e. The molecular weight excluding hydrogens is 673 g/mol. The number of amides is 3. The van der Waals surface area contributed by atoms with E-state index in [1.807, 2.05) is 48.8 Å². The van der Waals surface area contributed by atoms with Gasteiger partial charge in [-0.15, -0.1) is 0 Å². The van der Waals surface area contributed by atoms with Crippen LogP contribution in [0.2, 0.25) is 0 Å². The molecule has 0 bridgehead atoms. The van der Waals surface area contributed by atoms with E-state index >= 15 is 4.39 Å². The lowest BCUT2D eigenvalue weighted by Crippen LogP contribution is -2.63. The number of fused-ring (bicyclic) bond motifs is 1. The van der Waals surface area contributed by atoms with Gasteiger partial charge >= 0.3 is 0 Å². The smallest absolute Gasteiger partial charge is 0.269 e. The molecule has 6 aliphatic rings. The number of aromatic nitrogens is 1. The molecule has 3 saturated heterocycles. The molecular formula is C40H50FN9O3. The number of nitrogens with one attached hydrogen (secondary N) is 3. The first-order valence-electron chi connectivity index (χ1n) is 19.2. The van der Waals surface area contributed by atoms with Crippen molar-refractivity contribution >= 4 is 35.2 Å². The number of hydrogen-bond donors (Lipinski definition) is 3. The van der Waals surface area contributed by atoms with Crippen molar-refractivity contribution in [2.45, 2.75) is 94.0 Å². The predicted molar refractivity (Wildman–Crippen MR) is 202 cm³/mol. The number of imide groups is 1. The van der Waals surface area contributed by atoms with Crippen molar-refractivity contribution in [3.8, 4) is 0 Å². The highest BCUT2D eigenvalue weighted by Crippen LogP contribution is 2.38. The summed E-state index contributed by atoms with van der Waals surface area (Å²) in [5, 5.41) is 9.03. The summed E-state index contributed by atoms with van der Waals surface area (Å²) in [6.45, 7) is 2.71. The van der Waals surface area contributed by atoms with Crippen molar-refractivity contribution < 1.29 is 18.8 Å². The number of carbonyl (C=O) groups is 3. The van der Waals surface area contributed by atoms with E-state index in [2.05, 4.69) is 36.7 Å². The third-order valence-electron chi connectivity index (χ3n) is 11.9. The number of piperidine rings is 2. The number of guanidine groups is 1. The minimum Gasteiger partial charge on any atom is -0.370 e. The zero-order valence-corrected chi connectivity index (χ0v) is 30.7. The Morgan fingerprint density at radius 2 is 1.83 bits per heavy atom. The lowest BCUT2D eigenvalue weighted by molar-refractivity contribution is -0.134. The molecule has 0 radical (unpaired) electrons. The molecule has 1 aromatic heterocycles. The van der Waals surface area contributed by atoms with Crippen molar-refractivity contribution in [1.82, 2.24) is 30.3 Å². The van der Waals surface area contributed by atoms with Gasteiger partial charge in [-0.1, -0.05) is 37.1 Å². The molecule has 6 heterocycles. The van der Waals surface area contributed by atoms with Gasteiger partial charge in [-0.05, 0) is 74.3 Å². The molecule has 3 amide bonds. The molecule has 1 aliphatic carbocycles. The average Bonchev–Trinajstić information content (AvgIpc) is 3.81. The van der Waals surface area contributed by atoms with Crippen LogP contribution in [-0.2, 0) is 20.8 Å². The second-order valence-corrected chi connectivity index (χ2v) is 15.8. The largest absolute Gasteiger partial charge is 0.370 e. The first-order chi connectivity index (χ1) is 25.6. The standard InChI is InChI=1S/C40H50FN9O3/c1-47(2)38(53)33-21-28-22-43-39(46-36(28)50(33)30-8-3-4-9-30)44-34-12-10-31(23-42-34)48-18-15-29(16-19-48)49-24-40(41,25-49)17-14-26-6-5-7-27(20-26)32-11-13-35(51)45-37(32)52/h5-7,10,12,20-23,29-30,32,36H,3-4,8-9,11,13-19,24-25H2,1-2H3,(H,45,51,52)(H2,42,43,44,46). The molecule has 2 atom stereocenters. The van der Waals surface area contributed by atoms with Crippen LogP contribution < -0.4 is 20.9 Å². The van der Waals surface area contributed by atoms with Gasteiger partial charge in [0.2, 0.25) is 17.8 Å². The second kappa shape index (κ2) is 14.6. The number of nitrogens with zero attached hydrogens (tertiary/aromatic N) is 6. The summed E-state index contributed by atoms with van der Waals surface area (Å²) < 4.78 is 15.7. The fraction of sp³-hybridized carbons (Fsp3) is 0.525. The molecule has 4 fully saturated rings. The Kier molecular flexibility index (Phi) is 9.69. The third-order valence-corrected chi connectivity index (χ3v) is 11.9. The van der Waals surface area contributed by atoms with Gasteiger partial charge in [0, 0.05) is 70.6 Å². The van der Waals surface area contributed by atoms with Gasteiger partial charge in [0.25, 0.3) is 5.91 Å². The minimum absolute atomic E-state index is 0.00194. The molecule has 8 rings (SSSR count). The summed E-state index contributed by atoms with van der Waals surface area (Å²) in [6, 6.07) is 12.6. The third kappa shape index (κ3) is 7.40. The number of halogens is 1. The van der Waals surface area contributed by atoms with Gasteiger partial charge in [0.15, 0.2) is 6.17 Å². The number of aliphatic imine (C=N–C) groups is 1. The summed E-state index contributed by atoms with van der Waals surface area (Å²) >= 11 is 0. The number of carbonyl (C=O) groups excluding carboxylic acids is 3. The number of pyridine rings is 1. The number of rotatable bonds is 9. The van der Waals surface area contributed by atoms with Crippen LogP contribution in [0.4, 0.5) is 15.9 Å². The van der Waals surface area contributed by atoms with Gasteiger partial charge in [-0.25, -0.2) is 14.4 Å². The molecule has 12 nitrogen and oxygen atoms in total. The van der Waals surface area contributed by atoms with E-state index in [4.69, 9.17) is 9.98 Å². The second-order valence-electron chi connectivity index (χ2n) is 15.8. The monoisotopic (exact) mass is 723 g/mol. The Morgan fingerprint density at radius 1 is 1.04 bits per heavy atom. The van der Waals surface area contributed by atoms with E-state index in [0.29, 0.717) is 68.3 Å². The van der Waals surface area contributed by atoms with Crippen LogP contribution in [0.15, 0.2) is 71.1 Å². The molecule has 2 unspecified atom stereocenters. The van der Waals surface area contributed by atoms with Crippen LogP contribution in [0.5, 0.6) is 0 Å². The van der Waals surface area contributed by atoms with Crippen molar-refractivity contribution in [3.05, 3.63) is 77.3 Å². The summed E-state index contributed by atoms with van der Waals surface area (Å²) in [6.07, 6.45) is 13.9. The van der Waals surface area contributed by atoms with Crippen molar-refractivity contribution in [2.24, 2.45) is 4.99 Å². The fourth-order valence-corrected chi connectivity index (χ4v) is 8.91. The number of aryl methyl sites for hydroxylation is 1. The number of benzene rings is 1. The molecule has 1 aromatic carbocycles. The Balaban J connectivity index is 0.803. The molecule has 0 spiro atoms. The quantitative estimate of drug-likeness (QED) is 0.329. The Bertz CT molecular complexity index is 1820. The Labute approximate surface area is 310 Å². The van der Waals surface area contributed by atoms with Crippen LogP contribution in [-0.4, -0.2) is 108 Å². The molecule has 280 valence electrons. The normalized spacial score (nSPS) is 24.8. The highest BCUT2D eigenvalue weighted by atomic mass is 19.1. The van der Waals surface area contributed by atoms with Crippen LogP contribution in [0.3, 0.4) is 0 Å². The topological polar surface area (TPSA) is 126 Å². The van der Waals surface area contributed by atoms with Crippen LogP contribution in [0, 0.1) is 0 Å². The maximum absolute atomic E-state index is 15.7. The van der Waals surface area contributed by atoms with Crippen molar-refractivity contribution in [1.29, 1.82) is 0 Å². The number of hydrogen-bond acceptors (Lipinski definition) is 10. The van der Waals surface area contributed by atoms with Gasteiger partial charge in [0.05, 0.1) is 17.8 Å². The van der Waals surface area contributed by atoms with Gasteiger partial charge in [-0.2, -0.15) is 0 Å². The van der Waals surface area contributed by atoms with Crippen LogP contribution in [0.25, 0.3) is 0 Å². The highest BCUT2D eigenvalue weighted by molar-refractivity contribution is 6.01. The minimum atomic E-state index is -1.20. The van der Waals surface area contributed by atoms with Crippen molar-refractivity contribution in [2.75, 3.05) is 50.5 Å². The lowest BCUT2D eigenvalue weighted by atomic mass is 9.85. The number of anilines is 2. The summed E-state index contributed by atoms with van der Waals surface area (Å²) in [7, 11) is 3.58. The Hall–Kier alpha value is -4.78. The van der Waals surface area contributed by atoms with E-state index in [1.54, 1.807) is 19.0 Å². The molecule has 5 aliphatic heterocycles. The van der Waals surface area contributed by atoms with E-state index in [-0.39, 0.29) is 29.8 Å². The van der Waals surface area contributed by atoms with E-state index in [1.165, 1.54) is 12.8 Å². The van der Waals surface area contributed by atoms with Gasteiger partial charge in [-0.3, -0.25) is 24.6 Å². The predicted octanol–water partition coefficient (Wildman–Crippen LogP) is 4.04. The van der Waals surface area contributed by atoms with Crippen LogP contribution in [0.1, 0.15) is 74.8 Å². The Morgan fingerprint density at radius 3 is 2.55 bits per heavy atom. The first-order valence-corrected chi connectivity index (χ1v) is 19.2. The first kappa shape index (κ1) is 35.3. The molecule has 3 N–H and O–H groups in total. The summed E-state index contributed by atoms with van der Waals surface area (Å²) in [4.78, 5) is 55.2. The summed E-state index contributed by atoms with van der Waals surface area (Å²) in [5.74, 6) is 0.517. The molecule has 53 heavy (non-hydrogen) atoms. The maximum atomic E-state index is 15.7. The van der Waals surface area contributed by atoms with Crippen LogP contribution >= 0.6 is 0 Å². The number of alkyl halides is 1. The highest BCUT2D eigenvalue weighted by Gasteiger charge is 2.46. The fourth-order valence-electron chi connectivity index (χ4n) is 8.91. The van der Waals surface area contributed by atoms with Crippen molar-refractivity contribution in [3.63, 3.8) is 0 Å². The SMILES string of the molecule is CN(C)C(=O)C1=CC2=CNC(Nc3ccc(N4CCC(N5CC(F)(CCc6cccc(C7CCC(=O)NC7=O)c6)C5)CC4)cn3)=NC2N1C1CCCC1. The molecule has 1 saturated carbocycles. The summed E-state index contributed by atoms with van der Waals surface area (Å²) in [5.41, 5.74) is 3.50. The molecule has 13 heteroatoms. The van der Waals surface area contributed by atoms with E-state index < -0.39 is 5.67 Å². The zero-order valence-electron chi connectivity index (χ0n) is 30.7. The van der Waals surface area contributed by atoms with E-state index in [0.717, 1.165) is 61.2 Å². The number of likely N-dealkylation sites (tertiary alicyclic amines) is 1. The molecule has 2 aromatic rings. The van der Waals surface area contributed by atoms with Gasteiger partial charge < -0.3 is 25.3 Å². The zero-order chi connectivity index (χ0) is 36.7. The van der Waals surface area contributed by atoms with E-state index in [9.17, 15) is 14.4 Å². The number of likely N-dealkylation sites (N-methyl/N-ethyl adjacent to an activating group) is 1. The van der Waals surface area contributed by atoms with Gasteiger partial charge in [0.1, 0.15) is 17.2 Å². The average molecular weight is 724 g/mol.